The fourth-order valence-corrected chi connectivity index (χ4v) is 1.79. The van der Waals surface area contributed by atoms with E-state index < -0.39 is 0 Å². The highest BCUT2D eigenvalue weighted by molar-refractivity contribution is 4.71. The molecule has 1 aliphatic heterocycles. The first-order chi connectivity index (χ1) is 5.86. The summed E-state index contributed by atoms with van der Waals surface area (Å²) < 4.78 is 5.09. The molecular formula is C9H20N2O. The summed E-state index contributed by atoms with van der Waals surface area (Å²) in [5, 5.41) is 3.23. The van der Waals surface area contributed by atoms with Crippen LogP contribution in [0.5, 0.6) is 0 Å². The third-order valence-corrected chi connectivity index (χ3v) is 2.51. The van der Waals surface area contributed by atoms with E-state index in [1.165, 1.54) is 32.5 Å². The third-order valence-electron chi connectivity index (χ3n) is 2.51. The molecule has 0 radical (unpaired) electrons. The molecule has 0 amide bonds. The quantitative estimate of drug-likeness (QED) is 0.669. The van der Waals surface area contributed by atoms with Gasteiger partial charge < -0.3 is 10.1 Å². The average molecular weight is 172 g/mol. The predicted octanol–water partition coefficient (Wildman–Crippen LogP) is 0.522. The summed E-state index contributed by atoms with van der Waals surface area (Å²) in [4.78, 5) is 2.37. The lowest BCUT2D eigenvalue weighted by molar-refractivity contribution is 0.0397. The van der Waals surface area contributed by atoms with Gasteiger partial charge in [-0.25, -0.2) is 0 Å². The Kier molecular flexibility index (Phi) is 4.58. The van der Waals surface area contributed by atoms with Gasteiger partial charge in [-0.15, -0.1) is 0 Å². The minimum absolute atomic E-state index is 0.798. The van der Waals surface area contributed by atoms with Crippen LogP contribution in [0.2, 0.25) is 0 Å². The second-order valence-corrected chi connectivity index (χ2v) is 3.54. The Balaban J connectivity index is 2.11. The number of likely N-dealkylation sites (tertiary alicyclic amines) is 1. The van der Waals surface area contributed by atoms with E-state index in [4.69, 9.17) is 4.74 Å². The first-order valence-corrected chi connectivity index (χ1v) is 4.72. The molecule has 3 heteroatoms. The van der Waals surface area contributed by atoms with E-state index in [2.05, 4.69) is 10.2 Å². The Labute approximate surface area is 75.1 Å². The highest BCUT2D eigenvalue weighted by Crippen LogP contribution is 2.15. The summed E-state index contributed by atoms with van der Waals surface area (Å²) >= 11 is 0. The van der Waals surface area contributed by atoms with E-state index in [1.54, 1.807) is 7.11 Å². The summed E-state index contributed by atoms with van der Waals surface area (Å²) in [7, 11) is 3.79. The Hall–Kier alpha value is -0.120. The molecule has 0 aromatic heterocycles. The van der Waals surface area contributed by atoms with Crippen LogP contribution >= 0.6 is 0 Å². The maximum Gasteiger partial charge on any atom is 0.0986 e. The second kappa shape index (κ2) is 5.51. The van der Waals surface area contributed by atoms with Crippen molar-refractivity contribution in [1.82, 2.24) is 10.2 Å². The molecule has 0 bridgehead atoms. The van der Waals surface area contributed by atoms with Crippen LogP contribution in [0.3, 0.4) is 0 Å². The van der Waals surface area contributed by atoms with Crippen LogP contribution < -0.4 is 5.32 Å². The first-order valence-electron chi connectivity index (χ1n) is 4.72. The summed E-state index contributed by atoms with van der Waals surface area (Å²) in [6.07, 6.45) is 2.62. The molecule has 12 heavy (non-hydrogen) atoms. The fourth-order valence-electron chi connectivity index (χ4n) is 1.79. The van der Waals surface area contributed by atoms with E-state index >= 15 is 0 Å². The molecule has 0 saturated carbocycles. The lowest BCUT2D eigenvalue weighted by Gasteiger charge is -2.30. The van der Waals surface area contributed by atoms with Crippen LogP contribution in [0.15, 0.2) is 0 Å². The van der Waals surface area contributed by atoms with Gasteiger partial charge in [-0.3, -0.25) is 4.90 Å². The Morgan fingerprint density at radius 3 is 2.58 bits per heavy atom. The van der Waals surface area contributed by atoms with Crippen LogP contribution in [0.4, 0.5) is 0 Å². The molecule has 1 saturated heterocycles. The predicted molar refractivity (Wildman–Crippen MR) is 50.1 cm³/mol. The molecule has 0 atom stereocenters. The SMILES string of the molecule is CNCC1CCN(COC)CC1. The average Bonchev–Trinajstić information content (AvgIpc) is 2.09. The Bertz CT molecular complexity index is 97.1. The van der Waals surface area contributed by atoms with Gasteiger partial charge in [0, 0.05) is 20.2 Å². The van der Waals surface area contributed by atoms with Crippen molar-refractivity contribution < 1.29 is 4.74 Å². The minimum atomic E-state index is 0.798. The van der Waals surface area contributed by atoms with E-state index in [9.17, 15) is 0 Å². The number of hydrogen-bond donors (Lipinski definition) is 1. The highest BCUT2D eigenvalue weighted by atomic mass is 16.5. The topological polar surface area (TPSA) is 24.5 Å². The zero-order chi connectivity index (χ0) is 8.81. The normalized spacial score (nSPS) is 21.5. The number of piperidine rings is 1. The van der Waals surface area contributed by atoms with Crippen molar-refractivity contribution in [1.29, 1.82) is 0 Å². The van der Waals surface area contributed by atoms with Gasteiger partial charge in [0.2, 0.25) is 0 Å². The van der Waals surface area contributed by atoms with Crippen molar-refractivity contribution >= 4 is 0 Å². The van der Waals surface area contributed by atoms with Gasteiger partial charge in [-0.05, 0) is 32.4 Å². The molecule has 72 valence electrons. The smallest absolute Gasteiger partial charge is 0.0986 e. The highest BCUT2D eigenvalue weighted by Gasteiger charge is 2.17. The molecular weight excluding hydrogens is 152 g/mol. The lowest BCUT2D eigenvalue weighted by atomic mass is 9.97. The largest absolute Gasteiger partial charge is 0.369 e. The van der Waals surface area contributed by atoms with E-state index in [0.29, 0.717) is 0 Å². The maximum absolute atomic E-state index is 5.09. The lowest BCUT2D eigenvalue weighted by Crippen LogP contribution is -2.37. The maximum atomic E-state index is 5.09. The standard InChI is InChI=1S/C9H20N2O/c1-10-7-9-3-5-11(6-4-9)8-12-2/h9-10H,3-8H2,1-2H3. The third kappa shape index (κ3) is 3.09. The molecule has 0 spiro atoms. The van der Waals surface area contributed by atoms with Crippen LogP contribution in [-0.4, -0.2) is 45.4 Å². The Morgan fingerprint density at radius 2 is 2.08 bits per heavy atom. The molecule has 1 heterocycles. The molecule has 0 aromatic rings. The molecule has 1 fully saturated rings. The number of nitrogens with zero attached hydrogens (tertiary/aromatic N) is 1. The molecule has 1 rings (SSSR count). The summed E-state index contributed by atoms with van der Waals surface area (Å²) in [5.74, 6) is 0.878. The van der Waals surface area contributed by atoms with Crippen LogP contribution in [0.25, 0.3) is 0 Å². The summed E-state index contributed by atoms with van der Waals surface area (Å²) in [6.45, 7) is 4.35. The minimum Gasteiger partial charge on any atom is -0.369 e. The van der Waals surface area contributed by atoms with Crippen molar-refractivity contribution in [3.63, 3.8) is 0 Å². The van der Waals surface area contributed by atoms with Crippen molar-refractivity contribution in [2.24, 2.45) is 5.92 Å². The number of hydrogen-bond acceptors (Lipinski definition) is 3. The molecule has 3 nitrogen and oxygen atoms in total. The van der Waals surface area contributed by atoms with Gasteiger partial charge in [-0.2, -0.15) is 0 Å². The van der Waals surface area contributed by atoms with Gasteiger partial charge in [0.25, 0.3) is 0 Å². The van der Waals surface area contributed by atoms with Crippen molar-refractivity contribution in [2.75, 3.05) is 40.5 Å². The van der Waals surface area contributed by atoms with Crippen molar-refractivity contribution in [3.05, 3.63) is 0 Å². The summed E-state index contributed by atoms with van der Waals surface area (Å²) in [6, 6.07) is 0. The molecule has 0 aliphatic carbocycles. The van der Waals surface area contributed by atoms with Crippen LogP contribution in [0.1, 0.15) is 12.8 Å². The summed E-state index contributed by atoms with van der Waals surface area (Å²) in [5.41, 5.74) is 0. The van der Waals surface area contributed by atoms with E-state index in [-0.39, 0.29) is 0 Å². The van der Waals surface area contributed by atoms with Gasteiger partial charge >= 0.3 is 0 Å². The number of nitrogens with one attached hydrogen (secondary N) is 1. The molecule has 1 aliphatic rings. The van der Waals surface area contributed by atoms with Gasteiger partial charge in [0.1, 0.15) is 0 Å². The zero-order valence-electron chi connectivity index (χ0n) is 8.18. The van der Waals surface area contributed by atoms with Crippen LogP contribution in [0, 0.1) is 5.92 Å². The van der Waals surface area contributed by atoms with Gasteiger partial charge in [0.15, 0.2) is 0 Å². The zero-order valence-corrected chi connectivity index (χ0v) is 8.18. The fraction of sp³-hybridized carbons (Fsp3) is 1.00. The number of rotatable bonds is 4. The number of ether oxygens (including phenoxy) is 1. The number of methoxy groups -OCH3 is 1. The van der Waals surface area contributed by atoms with Gasteiger partial charge in [0.05, 0.1) is 6.73 Å². The molecule has 0 aromatic carbocycles. The monoisotopic (exact) mass is 172 g/mol. The van der Waals surface area contributed by atoms with E-state index in [0.717, 1.165) is 12.6 Å². The second-order valence-electron chi connectivity index (χ2n) is 3.54. The van der Waals surface area contributed by atoms with Gasteiger partial charge in [-0.1, -0.05) is 0 Å². The van der Waals surface area contributed by atoms with Crippen molar-refractivity contribution in [2.45, 2.75) is 12.8 Å². The Morgan fingerprint density at radius 1 is 1.42 bits per heavy atom. The van der Waals surface area contributed by atoms with E-state index in [1.807, 2.05) is 7.05 Å². The van der Waals surface area contributed by atoms with Crippen LogP contribution in [-0.2, 0) is 4.74 Å². The molecule has 1 N–H and O–H groups in total. The first kappa shape index (κ1) is 9.96. The molecule has 0 unspecified atom stereocenters. The van der Waals surface area contributed by atoms with Crippen molar-refractivity contribution in [3.8, 4) is 0 Å².